The van der Waals surface area contributed by atoms with Crippen LogP contribution in [0.4, 0.5) is 0 Å². The zero-order chi connectivity index (χ0) is 9.46. The molecule has 6 nitrogen and oxygen atoms in total. The first-order valence-corrected chi connectivity index (χ1v) is 3.55. The average molecular weight is 214 g/mol. The van der Waals surface area contributed by atoms with E-state index in [0.717, 1.165) is 0 Å². The summed E-state index contributed by atoms with van der Waals surface area (Å²) in [5.74, 6) is 0. The summed E-state index contributed by atoms with van der Waals surface area (Å²) in [5, 5.41) is 53.8. The predicted molar refractivity (Wildman–Crippen MR) is 47.1 cm³/mol. The minimum Gasteiger partial charge on any atom is -0.387 e. The van der Waals surface area contributed by atoms with Crippen molar-refractivity contribution in [1.29, 1.82) is 0 Å². The van der Waals surface area contributed by atoms with E-state index in [1.54, 1.807) is 0 Å². The average Bonchev–Trinajstić information content (AvgIpc) is 2.08. The summed E-state index contributed by atoms with van der Waals surface area (Å²) in [5.41, 5.74) is 0. The Kier molecular flexibility index (Phi) is 4.68. The quantitative estimate of drug-likeness (QED) is 0.230. The molecule has 6 N–H and O–H groups in total. The molecule has 0 aromatic heterocycles. The lowest BCUT2D eigenvalue weighted by molar-refractivity contribution is -0.223. The van der Waals surface area contributed by atoms with Gasteiger partial charge in [0.2, 0.25) is 0 Å². The van der Waals surface area contributed by atoms with Crippen molar-refractivity contribution in [3.8, 4) is 0 Å². The lowest BCUT2D eigenvalue weighted by Crippen LogP contribution is -2.63. The van der Waals surface area contributed by atoms with Crippen molar-refractivity contribution < 1.29 is 30.6 Å². The molecule has 0 spiro atoms. The minimum atomic E-state index is -1.64. The van der Waals surface area contributed by atoms with Gasteiger partial charge in [0, 0.05) is 0 Å². The molecule has 1 saturated carbocycles. The third kappa shape index (κ3) is 2.16. The summed E-state index contributed by atoms with van der Waals surface area (Å²) < 4.78 is 0. The third-order valence-corrected chi connectivity index (χ3v) is 2.10. The monoisotopic (exact) mass is 214 g/mol. The Balaban J connectivity index is 0.00000144. The Hall–Kier alpha value is 0.190. The number of hydrogen-bond donors (Lipinski definition) is 6. The molecular formula is C6H15O6P. The molecule has 1 aliphatic rings. The van der Waals surface area contributed by atoms with E-state index in [1.807, 2.05) is 0 Å². The summed E-state index contributed by atoms with van der Waals surface area (Å²) in [6, 6.07) is 0. The maximum Gasteiger partial charge on any atom is 0.111 e. The Morgan fingerprint density at radius 1 is 0.385 bits per heavy atom. The zero-order valence-corrected chi connectivity index (χ0v) is 8.27. The van der Waals surface area contributed by atoms with Gasteiger partial charge in [-0.25, -0.2) is 0 Å². The Morgan fingerprint density at radius 3 is 0.538 bits per heavy atom. The van der Waals surface area contributed by atoms with Crippen LogP contribution in [-0.2, 0) is 0 Å². The molecule has 1 rings (SSSR count). The van der Waals surface area contributed by atoms with Crippen LogP contribution in [-0.4, -0.2) is 67.3 Å². The van der Waals surface area contributed by atoms with Crippen LogP contribution in [0.1, 0.15) is 0 Å². The third-order valence-electron chi connectivity index (χ3n) is 2.10. The first-order valence-electron chi connectivity index (χ1n) is 3.55. The Bertz CT molecular complexity index is 109. The highest BCUT2D eigenvalue weighted by atomic mass is 31.0. The van der Waals surface area contributed by atoms with Crippen molar-refractivity contribution >= 4 is 9.90 Å². The SMILES string of the molecule is OC1C(O)C(O)C(O)C(O)C1O.P. The fourth-order valence-electron chi connectivity index (χ4n) is 1.21. The zero-order valence-electron chi connectivity index (χ0n) is 6.85. The molecule has 13 heavy (non-hydrogen) atoms. The molecule has 7 heteroatoms. The van der Waals surface area contributed by atoms with Gasteiger partial charge >= 0.3 is 0 Å². The number of aliphatic hydroxyl groups excluding tert-OH is 6. The van der Waals surface area contributed by atoms with E-state index in [9.17, 15) is 0 Å². The topological polar surface area (TPSA) is 121 Å². The van der Waals surface area contributed by atoms with Gasteiger partial charge in [-0.2, -0.15) is 9.90 Å². The van der Waals surface area contributed by atoms with Crippen molar-refractivity contribution in [3.05, 3.63) is 0 Å². The highest BCUT2D eigenvalue weighted by Gasteiger charge is 2.47. The van der Waals surface area contributed by atoms with Gasteiger partial charge in [0.25, 0.3) is 0 Å². The van der Waals surface area contributed by atoms with Crippen molar-refractivity contribution in [3.63, 3.8) is 0 Å². The Morgan fingerprint density at radius 2 is 0.462 bits per heavy atom. The fraction of sp³-hybridized carbons (Fsp3) is 1.00. The van der Waals surface area contributed by atoms with E-state index in [-0.39, 0.29) is 9.90 Å². The van der Waals surface area contributed by atoms with E-state index >= 15 is 0 Å². The molecule has 0 aliphatic heterocycles. The lowest BCUT2D eigenvalue weighted by atomic mass is 9.85. The van der Waals surface area contributed by atoms with Crippen LogP contribution in [0.2, 0.25) is 0 Å². The van der Waals surface area contributed by atoms with Gasteiger partial charge in [0.15, 0.2) is 0 Å². The minimum absolute atomic E-state index is 0. The molecule has 80 valence electrons. The standard InChI is InChI=1S/C6H12O6.H3P/c7-1-2(8)4(10)6(12)5(11)3(1)9;/h1-12H;1H3. The maximum atomic E-state index is 8.97. The molecule has 1 unspecified atom stereocenters. The fourth-order valence-corrected chi connectivity index (χ4v) is 1.21. The summed E-state index contributed by atoms with van der Waals surface area (Å²) in [4.78, 5) is 0. The van der Waals surface area contributed by atoms with Crippen molar-refractivity contribution in [2.45, 2.75) is 36.6 Å². The first-order chi connectivity index (χ1) is 5.46. The summed E-state index contributed by atoms with van der Waals surface area (Å²) in [6.45, 7) is 0. The van der Waals surface area contributed by atoms with Crippen LogP contribution in [0.5, 0.6) is 0 Å². The van der Waals surface area contributed by atoms with E-state index in [2.05, 4.69) is 0 Å². The van der Waals surface area contributed by atoms with E-state index in [0.29, 0.717) is 0 Å². The van der Waals surface area contributed by atoms with Crippen LogP contribution in [0, 0.1) is 0 Å². The van der Waals surface area contributed by atoms with Gasteiger partial charge in [-0.3, -0.25) is 0 Å². The van der Waals surface area contributed by atoms with Crippen LogP contribution in [0.25, 0.3) is 0 Å². The smallest absolute Gasteiger partial charge is 0.111 e. The molecular weight excluding hydrogens is 199 g/mol. The molecule has 0 radical (unpaired) electrons. The highest BCUT2D eigenvalue weighted by Crippen LogP contribution is 2.20. The molecule has 0 saturated heterocycles. The van der Waals surface area contributed by atoms with E-state index in [4.69, 9.17) is 30.6 Å². The second-order valence-electron chi connectivity index (χ2n) is 2.94. The largest absolute Gasteiger partial charge is 0.387 e. The van der Waals surface area contributed by atoms with Crippen LogP contribution >= 0.6 is 9.90 Å². The van der Waals surface area contributed by atoms with Crippen LogP contribution in [0.3, 0.4) is 0 Å². The lowest BCUT2D eigenvalue weighted by Gasteiger charge is -2.39. The van der Waals surface area contributed by atoms with Gasteiger partial charge in [0.05, 0.1) is 0 Å². The second-order valence-corrected chi connectivity index (χ2v) is 2.94. The Labute approximate surface area is 78.1 Å². The number of aliphatic hydroxyl groups is 6. The molecule has 1 atom stereocenters. The molecule has 0 amide bonds. The first kappa shape index (κ1) is 13.2. The van der Waals surface area contributed by atoms with Gasteiger partial charge < -0.3 is 30.6 Å². The molecule has 1 fully saturated rings. The summed E-state index contributed by atoms with van der Waals surface area (Å²) >= 11 is 0. The molecule has 0 aromatic carbocycles. The normalized spacial score (nSPS) is 51.2. The number of hydrogen-bond acceptors (Lipinski definition) is 6. The molecule has 0 heterocycles. The van der Waals surface area contributed by atoms with Gasteiger partial charge in [-0.15, -0.1) is 0 Å². The van der Waals surface area contributed by atoms with Crippen LogP contribution < -0.4 is 0 Å². The van der Waals surface area contributed by atoms with Crippen molar-refractivity contribution in [2.75, 3.05) is 0 Å². The van der Waals surface area contributed by atoms with Crippen molar-refractivity contribution in [2.24, 2.45) is 0 Å². The molecule has 0 aromatic rings. The van der Waals surface area contributed by atoms with E-state index in [1.165, 1.54) is 0 Å². The van der Waals surface area contributed by atoms with Crippen LogP contribution in [0.15, 0.2) is 0 Å². The summed E-state index contributed by atoms with van der Waals surface area (Å²) in [7, 11) is 0. The van der Waals surface area contributed by atoms with Gasteiger partial charge in [-0.1, -0.05) is 0 Å². The highest BCUT2D eigenvalue weighted by molar-refractivity contribution is 6.92. The van der Waals surface area contributed by atoms with Crippen molar-refractivity contribution in [1.82, 2.24) is 0 Å². The second kappa shape index (κ2) is 4.61. The number of rotatable bonds is 0. The van der Waals surface area contributed by atoms with E-state index < -0.39 is 36.6 Å². The summed E-state index contributed by atoms with van der Waals surface area (Å²) in [6.07, 6.45) is -9.84. The molecule has 0 bridgehead atoms. The molecule has 1 aliphatic carbocycles. The maximum absolute atomic E-state index is 8.97. The predicted octanol–water partition coefficient (Wildman–Crippen LogP) is -3.78. The van der Waals surface area contributed by atoms with Gasteiger partial charge in [0.1, 0.15) is 36.6 Å². The van der Waals surface area contributed by atoms with Gasteiger partial charge in [-0.05, 0) is 0 Å².